The van der Waals surface area contributed by atoms with Crippen molar-refractivity contribution < 1.29 is 14.3 Å². The summed E-state index contributed by atoms with van der Waals surface area (Å²) in [7, 11) is 0. The van der Waals surface area contributed by atoms with E-state index in [2.05, 4.69) is 0 Å². The molecule has 0 saturated carbocycles. The number of hydrogen-bond acceptors (Lipinski definition) is 3. The van der Waals surface area contributed by atoms with E-state index in [-0.39, 0.29) is 12.4 Å². The zero-order valence-electron chi connectivity index (χ0n) is 10.4. The van der Waals surface area contributed by atoms with Crippen LogP contribution >= 0.6 is 11.6 Å². The number of aryl methyl sites for hydroxylation is 1. The minimum Gasteiger partial charge on any atom is -0.494 e. The molecule has 0 radical (unpaired) electrons. The Labute approximate surface area is 107 Å². The molecule has 0 atom stereocenters. The lowest BCUT2D eigenvalue weighted by Gasteiger charge is -2.12. The van der Waals surface area contributed by atoms with Crippen molar-refractivity contribution in [2.24, 2.45) is 0 Å². The number of carbonyl (C=O) groups is 1. The Morgan fingerprint density at radius 1 is 1.29 bits per heavy atom. The second kappa shape index (κ2) is 6.50. The Bertz CT molecular complexity index is 402. The minimum absolute atomic E-state index is 0.141. The molecule has 1 rings (SSSR count). The number of ether oxygens (including phenoxy) is 2. The van der Waals surface area contributed by atoms with E-state index in [0.717, 1.165) is 5.56 Å². The van der Waals surface area contributed by atoms with E-state index in [1.807, 2.05) is 26.0 Å². The molecular weight excluding hydrogens is 240 g/mol. The van der Waals surface area contributed by atoms with Crippen LogP contribution in [0, 0.1) is 6.92 Å². The molecule has 0 heterocycles. The fourth-order valence-corrected chi connectivity index (χ4v) is 1.88. The molecule has 4 heteroatoms. The smallest absolute Gasteiger partial charge is 0.310 e. The van der Waals surface area contributed by atoms with Gasteiger partial charge in [0.15, 0.2) is 0 Å². The Kier molecular flexibility index (Phi) is 5.29. The van der Waals surface area contributed by atoms with Gasteiger partial charge in [0.2, 0.25) is 0 Å². The van der Waals surface area contributed by atoms with Gasteiger partial charge < -0.3 is 9.47 Å². The minimum atomic E-state index is -0.292. The number of benzene rings is 1. The molecule has 17 heavy (non-hydrogen) atoms. The molecular formula is C13H17ClO3. The van der Waals surface area contributed by atoms with E-state index in [0.29, 0.717) is 29.5 Å². The Morgan fingerprint density at radius 3 is 2.59 bits per heavy atom. The molecule has 0 N–H and O–H groups in total. The molecule has 1 aromatic rings. The molecule has 0 fully saturated rings. The van der Waals surface area contributed by atoms with Crippen LogP contribution in [0.2, 0.25) is 5.02 Å². The molecule has 0 aromatic heterocycles. The molecule has 0 unspecified atom stereocenters. The van der Waals surface area contributed by atoms with Crippen LogP contribution in [-0.4, -0.2) is 19.2 Å². The zero-order valence-corrected chi connectivity index (χ0v) is 11.1. The van der Waals surface area contributed by atoms with Gasteiger partial charge in [0.1, 0.15) is 5.75 Å². The first-order valence-electron chi connectivity index (χ1n) is 5.65. The third-order valence-corrected chi connectivity index (χ3v) is 2.56. The van der Waals surface area contributed by atoms with E-state index in [4.69, 9.17) is 21.1 Å². The average Bonchev–Trinajstić information content (AvgIpc) is 2.24. The van der Waals surface area contributed by atoms with Gasteiger partial charge in [0.25, 0.3) is 0 Å². The predicted octanol–water partition coefficient (Wildman–Crippen LogP) is 3.15. The summed E-state index contributed by atoms with van der Waals surface area (Å²) in [5, 5.41) is 0.543. The van der Waals surface area contributed by atoms with Crippen LogP contribution in [0.3, 0.4) is 0 Å². The third kappa shape index (κ3) is 3.93. The van der Waals surface area contributed by atoms with Gasteiger partial charge in [-0.2, -0.15) is 0 Å². The topological polar surface area (TPSA) is 35.5 Å². The van der Waals surface area contributed by atoms with Crippen LogP contribution in [0.25, 0.3) is 0 Å². The van der Waals surface area contributed by atoms with Gasteiger partial charge in [0, 0.05) is 10.6 Å². The molecule has 1 aromatic carbocycles. The molecule has 0 spiro atoms. The highest BCUT2D eigenvalue weighted by Crippen LogP contribution is 2.29. The van der Waals surface area contributed by atoms with E-state index in [1.54, 1.807) is 6.92 Å². The first-order valence-corrected chi connectivity index (χ1v) is 6.03. The van der Waals surface area contributed by atoms with Gasteiger partial charge in [-0.1, -0.05) is 11.6 Å². The van der Waals surface area contributed by atoms with E-state index in [9.17, 15) is 4.79 Å². The Balaban J connectivity index is 2.99. The lowest BCUT2D eigenvalue weighted by molar-refractivity contribution is -0.142. The maximum atomic E-state index is 11.5. The summed E-state index contributed by atoms with van der Waals surface area (Å²) in [6.07, 6.45) is 0.141. The summed E-state index contributed by atoms with van der Waals surface area (Å²) in [5.41, 5.74) is 1.70. The summed E-state index contributed by atoms with van der Waals surface area (Å²) < 4.78 is 10.4. The zero-order chi connectivity index (χ0) is 12.8. The fraction of sp³-hybridized carbons (Fsp3) is 0.462. The number of rotatable bonds is 5. The molecule has 0 bridgehead atoms. The number of esters is 1. The first-order chi connectivity index (χ1) is 8.08. The van der Waals surface area contributed by atoms with Gasteiger partial charge in [-0.25, -0.2) is 0 Å². The standard InChI is InChI=1S/C13H17ClO3/c1-4-16-12-7-9(3)6-11(14)10(12)8-13(15)17-5-2/h6-7H,4-5,8H2,1-3H3. The van der Waals surface area contributed by atoms with Gasteiger partial charge in [-0.3, -0.25) is 4.79 Å². The summed E-state index contributed by atoms with van der Waals surface area (Å²) in [6, 6.07) is 3.70. The van der Waals surface area contributed by atoms with Gasteiger partial charge in [-0.15, -0.1) is 0 Å². The fourth-order valence-electron chi connectivity index (χ4n) is 1.55. The van der Waals surface area contributed by atoms with Crippen molar-refractivity contribution in [3.05, 3.63) is 28.3 Å². The number of halogens is 1. The molecule has 0 amide bonds. The highest BCUT2D eigenvalue weighted by molar-refractivity contribution is 6.31. The first kappa shape index (κ1) is 13.8. The van der Waals surface area contributed by atoms with E-state index in [1.165, 1.54) is 0 Å². The highest BCUT2D eigenvalue weighted by atomic mass is 35.5. The van der Waals surface area contributed by atoms with Crippen molar-refractivity contribution in [3.63, 3.8) is 0 Å². The van der Waals surface area contributed by atoms with Crippen LogP contribution in [0.4, 0.5) is 0 Å². The van der Waals surface area contributed by atoms with Crippen LogP contribution in [0.1, 0.15) is 25.0 Å². The molecule has 0 aliphatic rings. The second-order valence-electron chi connectivity index (χ2n) is 3.64. The lowest BCUT2D eigenvalue weighted by atomic mass is 10.1. The number of hydrogen-bond donors (Lipinski definition) is 0. The van der Waals surface area contributed by atoms with Crippen LogP contribution in [0.5, 0.6) is 5.75 Å². The van der Waals surface area contributed by atoms with Gasteiger partial charge >= 0.3 is 5.97 Å². The number of carbonyl (C=O) groups excluding carboxylic acids is 1. The Morgan fingerprint density at radius 2 is 2.00 bits per heavy atom. The summed E-state index contributed by atoms with van der Waals surface area (Å²) in [4.78, 5) is 11.5. The predicted molar refractivity (Wildman–Crippen MR) is 67.7 cm³/mol. The maximum absolute atomic E-state index is 11.5. The van der Waals surface area contributed by atoms with Crippen LogP contribution < -0.4 is 4.74 Å². The quantitative estimate of drug-likeness (QED) is 0.759. The van der Waals surface area contributed by atoms with Crippen LogP contribution in [-0.2, 0) is 16.0 Å². The highest BCUT2D eigenvalue weighted by Gasteiger charge is 2.14. The van der Waals surface area contributed by atoms with Crippen molar-refractivity contribution >= 4 is 17.6 Å². The largest absolute Gasteiger partial charge is 0.494 e. The van der Waals surface area contributed by atoms with Crippen molar-refractivity contribution in [2.45, 2.75) is 27.2 Å². The third-order valence-electron chi connectivity index (χ3n) is 2.23. The van der Waals surface area contributed by atoms with Gasteiger partial charge in [0.05, 0.1) is 19.6 Å². The van der Waals surface area contributed by atoms with E-state index >= 15 is 0 Å². The summed E-state index contributed by atoms with van der Waals surface area (Å²) in [6.45, 7) is 6.51. The van der Waals surface area contributed by atoms with Crippen molar-refractivity contribution in [1.29, 1.82) is 0 Å². The van der Waals surface area contributed by atoms with E-state index < -0.39 is 0 Å². The molecule has 0 aliphatic heterocycles. The monoisotopic (exact) mass is 256 g/mol. The normalized spacial score (nSPS) is 10.1. The summed E-state index contributed by atoms with van der Waals surface area (Å²) >= 11 is 6.13. The van der Waals surface area contributed by atoms with Crippen molar-refractivity contribution in [1.82, 2.24) is 0 Å². The SMILES string of the molecule is CCOC(=O)Cc1c(Cl)cc(C)cc1OCC. The van der Waals surface area contributed by atoms with Crippen molar-refractivity contribution in [2.75, 3.05) is 13.2 Å². The van der Waals surface area contributed by atoms with Gasteiger partial charge in [-0.05, 0) is 38.5 Å². The Hall–Kier alpha value is -1.22. The van der Waals surface area contributed by atoms with Crippen LogP contribution in [0.15, 0.2) is 12.1 Å². The molecule has 0 saturated heterocycles. The summed E-state index contributed by atoms with van der Waals surface area (Å²) in [5.74, 6) is 0.366. The molecule has 3 nitrogen and oxygen atoms in total. The lowest BCUT2D eigenvalue weighted by Crippen LogP contribution is -2.09. The van der Waals surface area contributed by atoms with Crippen molar-refractivity contribution in [3.8, 4) is 5.75 Å². The molecule has 94 valence electrons. The average molecular weight is 257 g/mol. The molecule has 0 aliphatic carbocycles. The second-order valence-corrected chi connectivity index (χ2v) is 4.05. The maximum Gasteiger partial charge on any atom is 0.310 e.